The summed E-state index contributed by atoms with van der Waals surface area (Å²) in [6, 6.07) is 6.87. The minimum atomic E-state index is 0.419. The number of hydrogen-bond acceptors (Lipinski definition) is 6. The first kappa shape index (κ1) is 19.1. The lowest BCUT2D eigenvalue weighted by molar-refractivity contribution is 0.691. The molecular weight excluding hydrogens is 374 g/mol. The topological polar surface area (TPSA) is 90.5 Å². The van der Waals surface area contributed by atoms with Crippen LogP contribution in [0.15, 0.2) is 36.8 Å². The molecule has 0 spiro atoms. The van der Waals surface area contributed by atoms with Crippen LogP contribution in [-0.2, 0) is 6.42 Å². The standard InChI is InChI=1S/C23H29N7/c1-15(16-5-6-16)28-22-20-4-2-3-19(17-7-10-24-11-8-17)21(20)29-23(30-22)26-12-9-18-13-25-14-27-18/h2-4,7,13-16,24H,5-6,8-12H2,1H3,(H,25,27)(H2,26,28,29,30). The van der Waals surface area contributed by atoms with E-state index in [2.05, 4.69) is 57.1 Å². The fourth-order valence-electron chi connectivity index (χ4n) is 4.13. The predicted molar refractivity (Wildman–Crippen MR) is 122 cm³/mol. The Morgan fingerprint density at radius 3 is 2.93 bits per heavy atom. The quantitative estimate of drug-likeness (QED) is 0.460. The number of aromatic nitrogens is 4. The lowest BCUT2D eigenvalue weighted by Crippen LogP contribution is -2.21. The van der Waals surface area contributed by atoms with E-state index >= 15 is 0 Å². The van der Waals surface area contributed by atoms with Crippen molar-refractivity contribution in [2.24, 2.45) is 5.92 Å². The van der Waals surface area contributed by atoms with E-state index in [0.717, 1.165) is 60.8 Å². The molecule has 3 heterocycles. The van der Waals surface area contributed by atoms with Crippen LogP contribution in [0.2, 0.25) is 0 Å². The van der Waals surface area contributed by atoms with Crippen LogP contribution in [0, 0.1) is 5.92 Å². The molecule has 7 nitrogen and oxygen atoms in total. The zero-order chi connectivity index (χ0) is 20.3. The maximum absolute atomic E-state index is 4.95. The molecule has 0 radical (unpaired) electrons. The lowest BCUT2D eigenvalue weighted by atomic mass is 9.97. The molecule has 5 rings (SSSR count). The molecule has 1 aromatic carbocycles. The van der Waals surface area contributed by atoms with Crippen molar-refractivity contribution in [2.75, 3.05) is 30.3 Å². The first-order chi connectivity index (χ1) is 14.8. The van der Waals surface area contributed by atoms with Crippen molar-refractivity contribution in [3.8, 4) is 0 Å². The van der Waals surface area contributed by atoms with Gasteiger partial charge < -0.3 is 20.9 Å². The Hall–Kier alpha value is -2.93. The van der Waals surface area contributed by atoms with Crippen LogP contribution in [0.3, 0.4) is 0 Å². The zero-order valence-corrected chi connectivity index (χ0v) is 17.4. The molecule has 2 aliphatic rings. The number of aromatic amines is 1. The third-order valence-corrected chi connectivity index (χ3v) is 6.06. The molecule has 0 saturated heterocycles. The molecule has 1 unspecified atom stereocenters. The molecule has 30 heavy (non-hydrogen) atoms. The highest BCUT2D eigenvalue weighted by molar-refractivity contribution is 5.97. The average Bonchev–Trinajstić information content (AvgIpc) is 3.51. The Balaban J connectivity index is 1.49. The van der Waals surface area contributed by atoms with E-state index in [1.165, 1.54) is 24.0 Å². The maximum atomic E-state index is 4.95. The molecule has 2 aromatic heterocycles. The van der Waals surface area contributed by atoms with Crippen LogP contribution in [0.5, 0.6) is 0 Å². The van der Waals surface area contributed by atoms with Gasteiger partial charge in [0.15, 0.2) is 0 Å². The Kier molecular flexibility index (Phi) is 5.36. The summed E-state index contributed by atoms with van der Waals surface area (Å²) in [5.41, 5.74) is 4.71. The van der Waals surface area contributed by atoms with Crippen molar-refractivity contribution < 1.29 is 0 Å². The van der Waals surface area contributed by atoms with Gasteiger partial charge in [0.25, 0.3) is 0 Å². The molecule has 4 N–H and O–H groups in total. The van der Waals surface area contributed by atoms with Gasteiger partial charge in [0.1, 0.15) is 5.82 Å². The number of rotatable bonds is 8. The molecule has 1 atom stereocenters. The van der Waals surface area contributed by atoms with Crippen LogP contribution >= 0.6 is 0 Å². The summed E-state index contributed by atoms with van der Waals surface area (Å²) in [4.78, 5) is 17.0. The Labute approximate surface area is 176 Å². The molecule has 1 aliphatic heterocycles. The normalized spacial score (nSPS) is 17.6. The lowest BCUT2D eigenvalue weighted by Gasteiger charge is -2.19. The van der Waals surface area contributed by atoms with Gasteiger partial charge in [-0.1, -0.05) is 18.2 Å². The van der Waals surface area contributed by atoms with E-state index in [1.807, 2.05) is 6.20 Å². The van der Waals surface area contributed by atoms with Crippen molar-refractivity contribution in [1.82, 2.24) is 25.3 Å². The van der Waals surface area contributed by atoms with Gasteiger partial charge in [-0.05, 0) is 50.3 Å². The van der Waals surface area contributed by atoms with E-state index < -0.39 is 0 Å². The van der Waals surface area contributed by atoms with Gasteiger partial charge in [-0.25, -0.2) is 9.97 Å². The SMILES string of the molecule is CC(Nc1nc(NCCc2cnc[nH]2)nc2c(C3=CCNCC3)cccc12)C1CC1. The molecular formula is C23H29N7. The second-order valence-corrected chi connectivity index (χ2v) is 8.31. The Bertz CT molecular complexity index is 1040. The fraction of sp³-hybridized carbons (Fsp3) is 0.435. The Morgan fingerprint density at radius 1 is 1.23 bits per heavy atom. The van der Waals surface area contributed by atoms with Gasteiger partial charge in [0.2, 0.25) is 5.95 Å². The number of benzene rings is 1. The summed E-state index contributed by atoms with van der Waals surface area (Å²) >= 11 is 0. The van der Waals surface area contributed by atoms with Crippen LogP contribution < -0.4 is 16.0 Å². The first-order valence-electron chi connectivity index (χ1n) is 11.0. The van der Waals surface area contributed by atoms with E-state index in [0.29, 0.717) is 12.0 Å². The van der Waals surface area contributed by atoms with Crippen molar-refractivity contribution in [2.45, 2.75) is 38.6 Å². The first-order valence-corrected chi connectivity index (χ1v) is 11.0. The largest absolute Gasteiger partial charge is 0.367 e. The van der Waals surface area contributed by atoms with Gasteiger partial charge in [0, 0.05) is 48.4 Å². The number of H-pyrrole nitrogens is 1. The minimum absolute atomic E-state index is 0.419. The number of hydrogen-bond donors (Lipinski definition) is 4. The summed E-state index contributed by atoms with van der Waals surface area (Å²) in [5.74, 6) is 2.36. The number of para-hydroxylation sites is 1. The highest BCUT2D eigenvalue weighted by Crippen LogP contribution is 2.36. The second-order valence-electron chi connectivity index (χ2n) is 8.31. The monoisotopic (exact) mass is 403 g/mol. The summed E-state index contributed by atoms with van der Waals surface area (Å²) in [7, 11) is 0. The summed E-state index contributed by atoms with van der Waals surface area (Å²) in [5, 5.41) is 11.6. The summed E-state index contributed by atoms with van der Waals surface area (Å²) in [6.45, 7) is 4.93. The molecule has 1 saturated carbocycles. The molecule has 1 aliphatic carbocycles. The van der Waals surface area contributed by atoms with E-state index in [1.54, 1.807) is 6.33 Å². The van der Waals surface area contributed by atoms with Gasteiger partial charge >= 0.3 is 0 Å². The second kappa shape index (κ2) is 8.44. The van der Waals surface area contributed by atoms with E-state index in [-0.39, 0.29) is 0 Å². The highest BCUT2D eigenvalue weighted by atomic mass is 15.2. The maximum Gasteiger partial charge on any atom is 0.225 e. The highest BCUT2D eigenvalue weighted by Gasteiger charge is 2.28. The van der Waals surface area contributed by atoms with Gasteiger partial charge in [-0.2, -0.15) is 4.98 Å². The van der Waals surface area contributed by atoms with Gasteiger partial charge in [-0.3, -0.25) is 0 Å². The molecule has 156 valence electrons. The van der Waals surface area contributed by atoms with Crippen LogP contribution in [0.1, 0.15) is 37.4 Å². The van der Waals surface area contributed by atoms with Crippen molar-refractivity contribution in [1.29, 1.82) is 0 Å². The zero-order valence-electron chi connectivity index (χ0n) is 17.4. The molecule has 7 heteroatoms. The summed E-state index contributed by atoms with van der Waals surface area (Å²) in [6.07, 6.45) is 10.3. The van der Waals surface area contributed by atoms with Crippen molar-refractivity contribution >= 4 is 28.2 Å². The average molecular weight is 404 g/mol. The van der Waals surface area contributed by atoms with Gasteiger partial charge in [-0.15, -0.1) is 0 Å². The molecule has 0 bridgehead atoms. The third-order valence-electron chi connectivity index (χ3n) is 6.06. The number of fused-ring (bicyclic) bond motifs is 1. The minimum Gasteiger partial charge on any atom is -0.367 e. The van der Waals surface area contributed by atoms with Crippen LogP contribution in [-0.4, -0.2) is 45.6 Å². The van der Waals surface area contributed by atoms with E-state index in [4.69, 9.17) is 9.97 Å². The smallest absolute Gasteiger partial charge is 0.225 e. The Morgan fingerprint density at radius 2 is 2.17 bits per heavy atom. The number of imidazole rings is 1. The fourth-order valence-corrected chi connectivity index (χ4v) is 4.13. The van der Waals surface area contributed by atoms with Crippen molar-refractivity contribution in [3.05, 3.63) is 48.1 Å². The number of nitrogens with zero attached hydrogens (tertiary/aromatic N) is 3. The third kappa shape index (κ3) is 4.16. The summed E-state index contributed by atoms with van der Waals surface area (Å²) < 4.78 is 0. The molecule has 0 amide bonds. The van der Waals surface area contributed by atoms with E-state index in [9.17, 15) is 0 Å². The van der Waals surface area contributed by atoms with Crippen LogP contribution in [0.25, 0.3) is 16.5 Å². The molecule has 1 fully saturated rings. The molecule has 3 aromatic rings. The van der Waals surface area contributed by atoms with Crippen LogP contribution in [0.4, 0.5) is 11.8 Å². The number of nitrogens with one attached hydrogen (secondary N) is 4. The predicted octanol–water partition coefficient (Wildman–Crippen LogP) is 3.59. The van der Waals surface area contributed by atoms with Gasteiger partial charge in [0.05, 0.1) is 11.8 Å². The van der Waals surface area contributed by atoms with Crippen molar-refractivity contribution in [3.63, 3.8) is 0 Å². The number of anilines is 2.